The molecule has 1 aromatic heterocycles. The largest absolute Gasteiger partial charge is 0.481 e. The van der Waals surface area contributed by atoms with Crippen molar-refractivity contribution in [3.8, 4) is 0 Å². The fourth-order valence-electron chi connectivity index (χ4n) is 2.88. The Kier molecular flexibility index (Phi) is 3.03. The predicted octanol–water partition coefficient (Wildman–Crippen LogP) is 2.92. The molecule has 0 spiro atoms. The summed E-state index contributed by atoms with van der Waals surface area (Å²) in [5, 5.41) is 9.08. The molecule has 1 fully saturated rings. The molecule has 2 rings (SSSR count). The second kappa shape index (κ2) is 4.32. The average Bonchev–Trinajstić information content (AvgIpc) is 2.59. The predicted molar refractivity (Wildman–Crippen MR) is 62.5 cm³/mol. The minimum atomic E-state index is -0.632. The zero-order valence-corrected chi connectivity index (χ0v) is 9.94. The molecule has 3 nitrogen and oxygen atoms in total. The summed E-state index contributed by atoms with van der Waals surface area (Å²) in [5.41, 5.74) is 2.49. The molecule has 1 N–H and O–H groups in total. The van der Waals surface area contributed by atoms with Crippen molar-refractivity contribution in [1.82, 2.24) is 4.57 Å². The van der Waals surface area contributed by atoms with Crippen molar-refractivity contribution in [3.05, 3.63) is 23.5 Å². The molecule has 16 heavy (non-hydrogen) atoms. The molecule has 1 aliphatic carbocycles. The monoisotopic (exact) mass is 221 g/mol. The highest BCUT2D eigenvalue weighted by molar-refractivity contribution is 5.70. The number of hydrogen-bond donors (Lipinski definition) is 1. The van der Waals surface area contributed by atoms with Gasteiger partial charge in [-0.2, -0.15) is 0 Å². The fourth-order valence-corrected chi connectivity index (χ4v) is 2.88. The Morgan fingerprint density at radius 2 is 1.94 bits per heavy atom. The lowest BCUT2D eigenvalue weighted by Gasteiger charge is -2.30. The first-order valence-electron chi connectivity index (χ1n) is 5.97. The first kappa shape index (κ1) is 11.2. The van der Waals surface area contributed by atoms with Gasteiger partial charge < -0.3 is 9.67 Å². The standard InChI is InChI=1S/C13H19NO2/c1-9-6-7-10(2)14(9)12-5-3-4-11(8-12)13(15)16/h6-7,11-12H,3-5,8H2,1-2H3,(H,15,16). The van der Waals surface area contributed by atoms with E-state index in [-0.39, 0.29) is 5.92 Å². The highest BCUT2D eigenvalue weighted by Crippen LogP contribution is 2.34. The Balaban J connectivity index is 2.19. The molecule has 1 aliphatic rings. The second-order valence-electron chi connectivity index (χ2n) is 4.84. The van der Waals surface area contributed by atoms with Crippen LogP contribution in [0.3, 0.4) is 0 Å². The number of nitrogens with zero attached hydrogens (tertiary/aromatic N) is 1. The first-order chi connectivity index (χ1) is 7.59. The fraction of sp³-hybridized carbons (Fsp3) is 0.615. The Morgan fingerprint density at radius 3 is 2.50 bits per heavy atom. The van der Waals surface area contributed by atoms with Crippen molar-refractivity contribution in [1.29, 1.82) is 0 Å². The van der Waals surface area contributed by atoms with Gasteiger partial charge in [-0.05, 0) is 45.2 Å². The topological polar surface area (TPSA) is 42.2 Å². The molecule has 0 amide bonds. The maximum absolute atomic E-state index is 11.0. The molecule has 2 unspecified atom stereocenters. The van der Waals surface area contributed by atoms with Crippen LogP contribution in [0.2, 0.25) is 0 Å². The molecule has 2 atom stereocenters. The maximum atomic E-state index is 11.0. The molecule has 1 aromatic rings. The minimum Gasteiger partial charge on any atom is -0.481 e. The Hall–Kier alpha value is -1.25. The minimum absolute atomic E-state index is 0.153. The molecule has 0 aliphatic heterocycles. The van der Waals surface area contributed by atoms with Crippen LogP contribution in [0.4, 0.5) is 0 Å². The molecule has 88 valence electrons. The van der Waals surface area contributed by atoms with Crippen molar-refractivity contribution >= 4 is 5.97 Å². The van der Waals surface area contributed by atoms with E-state index in [1.54, 1.807) is 0 Å². The van der Waals surface area contributed by atoms with E-state index in [9.17, 15) is 4.79 Å². The van der Waals surface area contributed by atoms with Crippen molar-refractivity contribution in [2.24, 2.45) is 5.92 Å². The number of hydrogen-bond acceptors (Lipinski definition) is 1. The van der Waals surface area contributed by atoms with Crippen LogP contribution in [-0.4, -0.2) is 15.6 Å². The van der Waals surface area contributed by atoms with E-state index in [0.717, 1.165) is 25.7 Å². The lowest BCUT2D eigenvalue weighted by atomic mass is 9.85. The molecular formula is C13H19NO2. The van der Waals surface area contributed by atoms with Crippen LogP contribution in [0.25, 0.3) is 0 Å². The van der Waals surface area contributed by atoms with Crippen LogP contribution in [0.15, 0.2) is 12.1 Å². The van der Waals surface area contributed by atoms with Crippen LogP contribution < -0.4 is 0 Å². The van der Waals surface area contributed by atoms with Gasteiger partial charge >= 0.3 is 5.97 Å². The lowest BCUT2D eigenvalue weighted by molar-refractivity contribution is -0.143. The van der Waals surface area contributed by atoms with E-state index < -0.39 is 5.97 Å². The van der Waals surface area contributed by atoms with E-state index in [1.807, 2.05) is 0 Å². The number of carboxylic acids is 1. The van der Waals surface area contributed by atoms with Gasteiger partial charge in [0.1, 0.15) is 0 Å². The zero-order valence-electron chi connectivity index (χ0n) is 9.94. The number of aliphatic carboxylic acids is 1. The van der Waals surface area contributed by atoms with Crippen LogP contribution in [0.5, 0.6) is 0 Å². The van der Waals surface area contributed by atoms with Crippen LogP contribution >= 0.6 is 0 Å². The van der Waals surface area contributed by atoms with Crippen molar-refractivity contribution < 1.29 is 9.90 Å². The molecule has 0 radical (unpaired) electrons. The average molecular weight is 221 g/mol. The smallest absolute Gasteiger partial charge is 0.306 e. The molecule has 1 saturated carbocycles. The number of aryl methyl sites for hydroxylation is 2. The van der Waals surface area contributed by atoms with Gasteiger partial charge in [-0.15, -0.1) is 0 Å². The number of aromatic nitrogens is 1. The summed E-state index contributed by atoms with van der Waals surface area (Å²) in [5.74, 6) is -0.785. The summed E-state index contributed by atoms with van der Waals surface area (Å²) in [7, 11) is 0. The second-order valence-corrected chi connectivity index (χ2v) is 4.84. The Bertz CT molecular complexity index is 375. The summed E-state index contributed by atoms with van der Waals surface area (Å²) in [6.45, 7) is 4.19. The van der Waals surface area contributed by atoms with Crippen molar-refractivity contribution in [2.45, 2.75) is 45.6 Å². The van der Waals surface area contributed by atoms with Crippen molar-refractivity contribution in [3.63, 3.8) is 0 Å². The normalized spacial score (nSPS) is 25.6. The molecule has 1 heterocycles. The van der Waals surface area contributed by atoms with Gasteiger partial charge in [0.15, 0.2) is 0 Å². The molecular weight excluding hydrogens is 202 g/mol. The van der Waals surface area contributed by atoms with Gasteiger partial charge in [0.2, 0.25) is 0 Å². The van der Waals surface area contributed by atoms with Gasteiger partial charge in [-0.25, -0.2) is 0 Å². The van der Waals surface area contributed by atoms with Gasteiger partial charge in [0.25, 0.3) is 0 Å². The van der Waals surface area contributed by atoms with Gasteiger partial charge in [0, 0.05) is 17.4 Å². The molecule has 0 aromatic carbocycles. The van der Waals surface area contributed by atoms with E-state index in [0.29, 0.717) is 6.04 Å². The third-order valence-electron chi connectivity index (χ3n) is 3.69. The Morgan fingerprint density at radius 1 is 1.31 bits per heavy atom. The summed E-state index contributed by atoms with van der Waals surface area (Å²) in [6, 6.07) is 4.60. The number of carboxylic acid groups (broad SMARTS) is 1. The third kappa shape index (κ3) is 1.99. The number of rotatable bonds is 2. The van der Waals surface area contributed by atoms with Crippen LogP contribution in [0.1, 0.15) is 43.1 Å². The molecule has 3 heteroatoms. The van der Waals surface area contributed by atoms with Crippen LogP contribution in [-0.2, 0) is 4.79 Å². The van der Waals surface area contributed by atoms with E-state index in [1.165, 1.54) is 11.4 Å². The highest BCUT2D eigenvalue weighted by atomic mass is 16.4. The van der Waals surface area contributed by atoms with E-state index in [4.69, 9.17) is 5.11 Å². The lowest BCUT2D eigenvalue weighted by Crippen LogP contribution is -2.25. The SMILES string of the molecule is Cc1ccc(C)n1C1CCCC(C(=O)O)C1. The van der Waals surface area contributed by atoms with Crippen LogP contribution in [0, 0.1) is 19.8 Å². The highest BCUT2D eigenvalue weighted by Gasteiger charge is 2.28. The maximum Gasteiger partial charge on any atom is 0.306 e. The first-order valence-corrected chi connectivity index (χ1v) is 5.97. The quantitative estimate of drug-likeness (QED) is 0.834. The summed E-state index contributed by atoms with van der Waals surface area (Å²) >= 11 is 0. The number of carbonyl (C=O) groups is 1. The van der Waals surface area contributed by atoms with Gasteiger partial charge in [0.05, 0.1) is 5.92 Å². The van der Waals surface area contributed by atoms with Gasteiger partial charge in [-0.3, -0.25) is 4.79 Å². The summed E-state index contributed by atoms with van der Waals surface area (Å²) in [6.07, 6.45) is 3.76. The third-order valence-corrected chi connectivity index (χ3v) is 3.69. The summed E-state index contributed by atoms with van der Waals surface area (Å²) < 4.78 is 2.30. The van der Waals surface area contributed by atoms with Gasteiger partial charge in [-0.1, -0.05) is 6.42 Å². The van der Waals surface area contributed by atoms with E-state index >= 15 is 0 Å². The Labute approximate surface area is 96.1 Å². The van der Waals surface area contributed by atoms with E-state index in [2.05, 4.69) is 30.5 Å². The van der Waals surface area contributed by atoms with Crippen molar-refractivity contribution in [2.75, 3.05) is 0 Å². The molecule has 0 bridgehead atoms. The zero-order chi connectivity index (χ0) is 11.7. The summed E-state index contributed by atoms with van der Waals surface area (Å²) in [4.78, 5) is 11.0. The molecule has 0 saturated heterocycles.